The molecular weight excluding hydrogens is 271 g/mol. The normalized spacial score (nSPS) is 20.5. The molecule has 1 atom stereocenters. The third kappa shape index (κ3) is 5.85. The van der Waals surface area contributed by atoms with Crippen LogP contribution in [0.1, 0.15) is 56.4 Å². The van der Waals surface area contributed by atoms with Gasteiger partial charge in [-0.3, -0.25) is 4.57 Å². The van der Waals surface area contributed by atoms with Crippen molar-refractivity contribution in [2.24, 2.45) is 5.41 Å². The van der Waals surface area contributed by atoms with Gasteiger partial charge in [-0.2, -0.15) is 0 Å². The van der Waals surface area contributed by atoms with Crippen LogP contribution in [-0.2, 0) is 9.09 Å². The largest absolute Gasteiger partial charge is 0.316 e. The van der Waals surface area contributed by atoms with Crippen LogP contribution in [0.5, 0.6) is 0 Å². The molecule has 0 spiro atoms. The number of rotatable bonds is 3. The lowest BCUT2D eigenvalue weighted by molar-refractivity contribution is 0.165. The summed E-state index contributed by atoms with van der Waals surface area (Å²) in [6, 6.07) is 0. The van der Waals surface area contributed by atoms with Gasteiger partial charge in [0, 0.05) is 26.2 Å². The maximum atomic E-state index is 13.3. The fourth-order valence-electron chi connectivity index (χ4n) is 1.90. The SMILES string of the molecule is C.C.CC(C)(C)COP(=O)(N1CCNCC1)C(C)(C)C. The molecule has 1 heterocycles. The zero-order chi connectivity index (χ0) is 14.0. The second kappa shape index (κ2) is 7.93. The summed E-state index contributed by atoms with van der Waals surface area (Å²) in [4.78, 5) is 0. The van der Waals surface area contributed by atoms with Crippen molar-refractivity contribution in [3.8, 4) is 0 Å². The number of piperazine rings is 1. The van der Waals surface area contributed by atoms with Crippen LogP contribution < -0.4 is 5.32 Å². The van der Waals surface area contributed by atoms with Crippen LogP contribution in [-0.4, -0.2) is 42.6 Å². The Kier molecular flexibility index (Phi) is 8.88. The molecule has 124 valence electrons. The molecule has 0 aromatic rings. The molecule has 0 bridgehead atoms. The Morgan fingerprint density at radius 3 is 1.85 bits per heavy atom. The zero-order valence-corrected chi connectivity index (χ0v) is 13.6. The highest BCUT2D eigenvalue weighted by atomic mass is 31.2. The van der Waals surface area contributed by atoms with Gasteiger partial charge in [-0.1, -0.05) is 35.6 Å². The predicted octanol–water partition coefficient (Wildman–Crippen LogP) is 4.22. The highest BCUT2D eigenvalue weighted by Crippen LogP contribution is 2.61. The molecule has 0 aromatic carbocycles. The van der Waals surface area contributed by atoms with Crippen molar-refractivity contribution in [3.05, 3.63) is 0 Å². The standard InChI is InChI=1S/C13H29N2O2P.2CH4/c1-12(2,3)11-17-18(16,13(4,5)6)15-9-7-14-8-10-15;;/h14H,7-11H2,1-6H3;2*1H4. The summed E-state index contributed by atoms with van der Waals surface area (Å²) in [5.74, 6) is 0. The van der Waals surface area contributed by atoms with Crippen molar-refractivity contribution in [1.29, 1.82) is 0 Å². The molecule has 1 aliphatic rings. The van der Waals surface area contributed by atoms with Gasteiger partial charge >= 0.3 is 0 Å². The van der Waals surface area contributed by atoms with Gasteiger partial charge in [0.05, 0.1) is 11.8 Å². The number of hydrogen-bond acceptors (Lipinski definition) is 3. The summed E-state index contributed by atoms with van der Waals surface area (Å²) >= 11 is 0. The lowest BCUT2D eigenvalue weighted by Crippen LogP contribution is -2.45. The smallest absolute Gasteiger partial charge is 0.277 e. The molecule has 0 aliphatic carbocycles. The average Bonchev–Trinajstić information content (AvgIpc) is 2.24. The minimum absolute atomic E-state index is 0. The van der Waals surface area contributed by atoms with E-state index in [-0.39, 0.29) is 25.4 Å². The van der Waals surface area contributed by atoms with E-state index in [1.54, 1.807) is 0 Å². The van der Waals surface area contributed by atoms with Gasteiger partial charge in [0.15, 0.2) is 0 Å². The fourth-order valence-corrected chi connectivity index (χ4v) is 4.59. The number of hydrogen-bond donors (Lipinski definition) is 1. The first-order valence-corrected chi connectivity index (χ1v) is 8.35. The number of nitrogens with one attached hydrogen (secondary N) is 1. The van der Waals surface area contributed by atoms with Gasteiger partial charge in [-0.15, -0.1) is 0 Å². The van der Waals surface area contributed by atoms with E-state index >= 15 is 0 Å². The van der Waals surface area contributed by atoms with Crippen molar-refractivity contribution in [1.82, 2.24) is 9.99 Å². The zero-order valence-electron chi connectivity index (χ0n) is 12.7. The summed E-state index contributed by atoms with van der Waals surface area (Å²) in [7, 11) is -2.78. The maximum Gasteiger partial charge on any atom is 0.277 e. The summed E-state index contributed by atoms with van der Waals surface area (Å²) in [5, 5.41) is 2.95. The predicted molar refractivity (Wildman–Crippen MR) is 90.7 cm³/mol. The van der Waals surface area contributed by atoms with Crippen LogP contribution in [0.25, 0.3) is 0 Å². The van der Waals surface area contributed by atoms with E-state index in [0.29, 0.717) is 6.61 Å². The van der Waals surface area contributed by atoms with Crippen LogP contribution in [0.4, 0.5) is 0 Å². The molecular formula is C15H37N2O2P. The van der Waals surface area contributed by atoms with Gasteiger partial charge in [-0.25, -0.2) is 4.67 Å². The molecule has 1 N–H and O–H groups in total. The molecule has 0 aromatic heterocycles. The average molecular weight is 308 g/mol. The summed E-state index contributed by atoms with van der Waals surface area (Å²) in [6.07, 6.45) is 0. The molecule has 0 amide bonds. The van der Waals surface area contributed by atoms with E-state index < -0.39 is 7.52 Å². The molecule has 4 nitrogen and oxygen atoms in total. The minimum Gasteiger partial charge on any atom is -0.316 e. The topological polar surface area (TPSA) is 41.6 Å². The van der Waals surface area contributed by atoms with E-state index in [4.69, 9.17) is 4.52 Å². The molecule has 1 unspecified atom stereocenters. The first-order valence-electron chi connectivity index (χ1n) is 6.77. The molecule has 20 heavy (non-hydrogen) atoms. The lowest BCUT2D eigenvalue weighted by Gasteiger charge is -2.42. The monoisotopic (exact) mass is 308 g/mol. The Labute approximate surface area is 127 Å². The van der Waals surface area contributed by atoms with Crippen LogP contribution in [0.3, 0.4) is 0 Å². The van der Waals surface area contributed by atoms with E-state index in [9.17, 15) is 4.57 Å². The first-order chi connectivity index (χ1) is 8.06. The Balaban J connectivity index is 0. The van der Waals surface area contributed by atoms with E-state index in [2.05, 4.69) is 30.8 Å². The van der Waals surface area contributed by atoms with Crippen molar-refractivity contribution in [3.63, 3.8) is 0 Å². The third-order valence-corrected chi connectivity index (χ3v) is 6.31. The van der Waals surface area contributed by atoms with Gasteiger partial charge in [-0.05, 0) is 26.2 Å². The fraction of sp³-hybridized carbons (Fsp3) is 1.00. The molecule has 1 aliphatic heterocycles. The van der Waals surface area contributed by atoms with Crippen molar-refractivity contribution >= 4 is 7.52 Å². The highest BCUT2D eigenvalue weighted by molar-refractivity contribution is 7.58. The Bertz CT molecular complexity index is 313. The van der Waals surface area contributed by atoms with Crippen molar-refractivity contribution < 1.29 is 9.09 Å². The summed E-state index contributed by atoms with van der Waals surface area (Å²) < 4.78 is 21.3. The Morgan fingerprint density at radius 1 is 1.05 bits per heavy atom. The lowest BCUT2D eigenvalue weighted by atomic mass is 9.99. The quantitative estimate of drug-likeness (QED) is 0.793. The van der Waals surface area contributed by atoms with Crippen LogP contribution in [0, 0.1) is 5.41 Å². The number of nitrogens with zero attached hydrogens (tertiary/aromatic N) is 1. The maximum absolute atomic E-state index is 13.3. The second-order valence-corrected chi connectivity index (χ2v) is 10.4. The molecule has 1 rings (SSSR count). The molecule has 0 radical (unpaired) electrons. The van der Waals surface area contributed by atoms with E-state index in [1.165, 1.54) is 0 Å². The second-order valence-electron chi connectivity index (χ2n) is 7.23. The third-order valence-electron chi connectivity index (χ3n) is 2.99. The van der Waals surface area contributed by atoms with Gasteiger partial charge in [0.2, 0.25) is 0 Å². The van der Waals surface area contributed by atoms with Crippen molar-refractivity contribution in [2.75, 3.05) is 32.8 Å². The Hall–Kier alpha value is 0.110. The molecule has 1 fully saturated rings. The minimum atomic E-state index is -2.78. The van der Waals surface area contributed by atoms with Crippen molar-refractivity contribution in [2.45, 2.75) is 61.6 Å². The Morgan fingerprint density at radius 2 is 1.50 bits per heavy atom. The van der Waals surface area contributed by atoms with Gasteiger partial charge in [0.1, 0.15) is 0 Å². The van der Waals surface area contributed by atoms with E-state index in [1.807, 2.05) is 20.8 Å². The summed E-state index contributed by atoms with van der Waals surface area (Å²) in [6.45, 7) is 16.3. The van der Waals surface area contributed by atoms with Crippen LogP contribution in [0.2, 0.25) is 0 Å². The van der Waals surface area contributed by atoms with Gasteiger partial charge in [0.25, 0.3) is 7.52 Å². The van der Waals surface area contributed by atoms with E-state index in [0.717, 1.165) is 26.2 Å². The summed E-state index contributed by atoms with van der Waals surface area (Å²) in [5.41, 5.74) is 0.0367. The molecule has 5 heteroatoms. The van der Waals surface area contributed by atoms with Crippen LogP contribution in [0.15, 0.2) is 0 Å². The van der Waals surface area contributed by atoms with Gasteiger partial charge < -0.3 is 9.84 Å². The molecule has 1 saturated heterocycles. The highest BCUT2D eigenvalue weighted by Gasteiger charge is 2.44. The molecule has 0 saturated carbocycles. The van der Waals surface area contributed by atoms with Crippen LogP contribution >= 0.6 is 7.52 Å². The first kappa shape index (κ1) is 22.4.